The lowest BCUT2D eigenvalue weighted by molar-refractivity contribution is -0.177. The van der Waals surface area contributed by atoms with Crippen molar-refractivity contribution in [2.45, 2.75) is 27.2 Å². The van der Waals surface area contributed by atoms with Crippen molar-refractivity contribution >= 4 is 11.9 Å². The van der Waals surface area contributed by atoms with Crippen molar-refractivity contribution in [2.75, 3.05) is 33.2 Å². The molecule has 1 aliphatic heterocycles. The largest absolute Gasteiger partial charge is 0.462 e. The standard InChI is InChI=1S/C19H26O6/c1-4-19(10-22-13-23-11-19)12-25-18(21)16-8-6-5-7-15(16)17(20)24-9-14(2)3/h5-8,14H,4,9-13H2,1-3H3. The zero-order valence-electron chi connectivity index (χ0n) is 15.1. The van der Waals surface area contributed by atoms with Gasteiger partial charge in [-0.1, -0.05) is 32.9 Å². The van der Waals surface area contributed by atoms with E-state index in [4.69, 9.17) is 18.9 Å². The lowest BCUT2D eigenvalue weighted by Crippen LogP contribution is -2.41. The lowest BCUT2D eigenvalue weighted by Gasteiger charge is -2.35. The second kappa shape index (κ2) is 8.97. The van der Waals surface area contributed by atoms with Crippen LogP contribution in [0.1, 0.15) is 47.9 Å². The first-order chi connectivity index (χ1) is 12.0. The molecule has 6 heteroatoms. The number of carbonyl (C=O) groups is 2. The molecule has 25 heavy (non-hydrogen) atoms. The number of benzene rings is 1. The maximum Gasteiger partial charge on any atom is 0.339 e. The van der Waals surface area contributed by atoms with E-state index in [2.05, 4.69) is 0 Å². The highest BCUT2D eigenvalue weighted by Gasteiger charge is 2.34. The number of hydrogen-bond acceptors (Lipinski definition) is 6. The summed E-state index contributed by atoms with van der Waals surface area (Å²) >= 11 is 0. The van der Waals surface area contributed by atoms with Crippen LogP contribution in [0, 0.1) is 11.3 Å². The Morgan fingerprint density at radius 2 is 1.64 bits per heavy atom. The predicted octanol–water partition coefficient (Wildman–Crippen LogP) is 3.06. The molecule has 2 rings (SSSR count). The summed E-state index contributed by atoms with van der Waals surface area (Å²) in [6.07, 6.45) is 0.762. The minimum absolute atomic E-state index is 0.178. The third kappa shape index (κ3) is 5.28. The Morgan fingerprint density at radius 3 is 2.16 bits per heavy atom. The molecule has 0 aliphatic carbocycles. The first-order valence-corrected chi connectivity index (χ1v) is 8.56. The van der Waals surface area contributed by atoms with Crippen LogP contribution in [0.2, 0.25) is 0 Å². The second-order valence-corrected chi connectivity index (χ2v) is 6.78. The first kappa shape index (κ1) is 19.4. The third-order valence-corrected chi connectivity index (χ3v) is 4.16. The van der Waals surface area contributed by atoms with Crippen molar-refractivity contribution in [2.24, 2.45) is 11.3 Å². The summed E-state index contributed by atoms with van der Waals surface area (Å²) in [4.78, 5) is 24.7. The molecule has 1 aromatic carbocycles. The van der Waals surface area contributed by atoms with E-state index >= 15 is 0 Å². The summed E-state index contributed by atoms with van der Waals surface area (Å²) in [6, 6.07) is 6.53. The average Bonchev–Trinajstić information content (AvgIpc) is 2.65. The summed E-state index contributed by atoms with van der Waals surface area (Å²) < 4.78 is 21.4. The number of ether oxygens (including phenoxy) is 4. The van der Waals surface area contributed by atoms with Crippen molar-refractivity contribution in [3.63, 3.8) is 0 Å². The molecule has 1 fully saturated rings. The summed E-state index contributed by atoms with van der Waals surface area (Å²) in [6.45, 7) is 7.61. The molecule has 0 radical (unpaired) electrons. The number of esters is 2. The van der Waals surface area contributed by atoms with Gasteiger partial charge in [-0.15, -0.1) is 0 Å². The maximum atomic E-state index is 12.5. The quantitative estimate of drug-likeness (QED) is 0.704. The molecular formula is C19H26O6. The van der Waals surface area contributed by atoms with Crippen LogP contribution in [0.5, 0.6) is 0 Å². The Kier molecular flexibility index (Phi) is 6.96. The summed E-state index contributed by atoms with van der Waals surface area (Å²) in [5.74, 6) is -0.843. The highest BCUT2D eigenvalue weighted by molar-refractivity contribution is 6.03. The highest BCUT2D eigenvalue weighted by atomic mass is 16.7. The van der Waals surface area contributed by atoms with E-state index in [1.807, 2.05) is 20.8 Å². The van der Waals surface area contributed by atoms with Gasteiger partial charge in [-0.05, 0) is 24.5 Å². The summed E-state index contributed by atoms with van der Waals surface area (Å²) in [7, 11) is 0. The Morgan fingerprint density at radius 1 is 1.08 bits per heavy atom. The Hall–Kier alpha value is -1.92. The van der Waals surface area contributed by atoms with Gasteiger partial charge in [-0.25, -0.2) is 9.59 Å². The highest BCUT2D eigenvalue weighted by Crippen LogP contribution is 2.27. The van der Waals surface area contributed by atoms with Crippen LogP contribution in [0.4, 0.5) is 0 Å². The SMILES string of the molecule is CCC1(COC(=O)c2ccccc2C(=O)OCC(C)C)COCOC1. The lowest BCUT2D eigenvalue weighted by atomic mass is 9.87. The molecule has 0 bridgehead atoms. The fourth-order valence-electron chi connectivity index (χ4n) is 2.46. The van der Waals surface area contributed by atoms with Crippen LogP contribution in [0.3, 0.4) is 0 Å². The van der Waals surface area contributed by atoms with Crippen molar-refractivity contribution < 1.29 is 28.5 Å². The van der Waals surface area contributed by atoms with Crippen LogP contribution in [0.15, 0.2) is 24.3 Å². The van der Waals surface area contributed by atoms with E-state index < -0.39 is 11.9 Å². The third-order valence-electron chi connectivity index (χ3n) is 4.16. The summed E-state index contributed by atoms with van der Waals surface area (Å²) in [5, 5.41) is 0. The zero-order valence-corrected chi connectivity index (χ0v) is 15.1. The van der Waals surface area contributed by atoms with E-state index in [-0.39, 0.29) is 35.9 Å². The van der Waals surface area contributed by atoms with Gasteiger partial charge < -0.3 is 18.9 Å². The van der Waals surface area contributed by atoms with E-state index in [9.17, 15) is 9.59 Å². The van der Waals surface area contributed by atoms with Crippen molar-refractivity contribution in [3.05, 3.63) is 35.4 Å². The van der Waals surface area contributed by atoms with Gasteiger partial charge in [0.1, 0.15) is 13.4 Å². The minimum atomic E-state index is -0.546. The molecule has 0 atom stereocenters. The smallest absolute Gasteiger partial charge is 0.339 e. The van der Waals surface area contributed by atoms with Gasteiger partial charge in [0.25, 0.3) is 0 Å². The Bertz CT molecular complexity index is 589. The van der Waals surface area contributed by atoms with Crippen molar-refractivity contribution in [1.29, 1.82) is 0 Å². The first-order valence-electron chi connectivity index (χ1n) is 8.56. The van der Waals surface area contributed by atoms with Crippen LogP contribution < -0.4 is 0 Å². The van der Waals surface area contributed by atoms with Crippen LogP contribution in [-0.2, 0) is 18.9 Å². The fourth-order valence-corrected chi connectivity index (χ4v) is 2.46. The van der Waals surface area contributed by atoms with Crippen LogP contribution in [0.25, 0.3) is 0 Å². The van der Waals surface area contributed by atoms with Gasteiger partial charge in [0.15, 0.2) is 0 Å². The molecule has 0 unspecified atom stereocenters. The molecule has 1 aliphatic rings. The maximum absolute atomic E-state index is 12.5. The minimum Gasteiger partial charge on any atom is -0.462 e. The van der Waals surface area contributed by atoms with Gasteiger partial charge in [-0.3, -0.25) is 0 Å². The molecule has 6 nitrogen and oxygen atoms in total. The molecule has 1 aromatic rings. The molecule has 0 amide bonds. The van der Waals surface area contributed by atoms with Crippen LogP contribution >= 0.6 is 0 Å². The molecule has 0 spiro atoms. The van der Waals surface area contributed by atoms with E-state index in [0.29, 0.717) is 19.8 Å². The van der Waals surface area contributed by atoms with E-state index in [0.717, 1.165) is 6.42 Å². The fraction of sp³-hybridized carbons (Fsp3) is 0.579. The van der Waals surface area contributed by atoms with E-state index in [1.54, 1.807) is 24.3 Å². The summed E-state index contributed by atoms with van der Waals surface area (Å²) in [5.41, 5.74) is 0.0797. The van der Waals surface area contributed by atoms with Gasteiger partial charge in [0, 0.05) is 0 Å². The van der Waals surface area contributed by atoms with E-state index in [1.165, 1.54) is 0 Å². The molecule has 138 valence electrons. The number of hydrogen-bond donors (Lipinski definition) is 0. The topological polar surface area (TPSA) is 71.1 Å². The van der Waals surface area contributed by atoms with Gasteiger partial charge >= 0.3 is 11.9 Å². The van der Waals surface area contributed by atoms with Gasteiger partial charge in [0.05, 0.1) is 36.4 Å². The number of carbonyl (C=O) groups excluding carboxylic acids is 2. The van der Waals surface area contributed by atoms with Gasteiger partial charge in [-0.2, -0.15) is 0 Å². The molecule has 0 N–H and O–H groups in total. The average molecular weight is 350 g/mol. The Balaban J connectivity index is 2.05. The molecule has 0 saturated carbocycles. The molecule has 1 saturated heterocycles. The monoisotopic (exact) mass is 350 g/mol. The number of rotatable bonds is 7. The molecule has 1 heterocycles. The van der Waals surface area contributed by atoms with Crippen molar-refractivity contribution in [1.82, 2.24) is 0 Å². The van der Waals surface area contributed by atoms with Gasteiger partial charge in [0.2, 0.25) is 0 Å². The molecular weight excluding hydrogens is 324 g/mol. The zero-order chi connectivity index (χ0) is 18.3. The van der Waals surface area contributed by atoms with Crippen molar-refractivity contribution in [3.8, 4) is 0 Å². The normalized spacial score (nSPS) is 16.5. The van der Waals surface area contributed by atoms with Crippen LogP contribution in [-0.4, -0.2) is 45.2 Å². The second-order valence-electron chi connectivity index (χ2n) is 6.78. The predicted molar refractivity (Wildman–Crippen MR) is 91.3 cm³/mol. The molecule has 0 aromatic heterocycles. The Labute approximate surface area is 148 Å².